The molecular formula is C17H18N4O. The summed E-state index contributed by atoms with van der Waals surface area (Å²) in [5, 5.41) is 13.5. The van der Waals surface area contributed by atoms with Crippen LogP contribution < -0.4 is 5.43 Å². The van der Waals surface area contributed by atoms with E-state index in [4.69, 9.17) is 4.74 Å². The fourth-order valence-corrected chi connectivity index (χ4v) is 2.04. The minimum absolute atomic E-state index is 0.364. The van der Waals surface area contributed by atoms with Crippen molar-refractivity contribution in [2.45, 2.75) is 20.5 Å². The predicted octanol–water partition coefficient (Wildman–Crippen LogP) is 3.16. The largest absolute Gasteiger partial charge is 0.380 e. The summed E-state index contributed by atoms with van der Waals surface area (Å²) >= 11 is 0. The molecule has 0 saturated heterocycles. The zero-order valence-corrected chi connectivity index (χ0v) is 12.9. The first-order valence-electron chi connectivity index (χ1n) is 6.89. The second-order valence-electron chi connectivity index (χ2n) is 4.97. The van der Waals surface area contributed by atoms with Gasteiger partial charge in [-0.3, -0.25) is 5.43 Å². The Bertz CT molecular complexity index is 715. The van der Waals surface area contributed by atoms with Crippen molar-refractivity contribution in [3.8, 4) is 6.07 Å². The van der Waals surface area contributed by atoms with Crippen molar-refractivity contribution in [3.63, 3.8) is 0 Å². The first kappa shape index (κ1) is 15.7. The monoisotopic (exact) mass is 294 g/mol. The lowest BCUT2D eigenvalue weighted by Gasteiger charge is -2.09. The molecule has 1 aromatic carbocycles. The van der Waals surface area contributed by atoms with E-state index >= 15 is 0 Å². The number of methoxy groups -OCH3 is 1. The van der Waals surface area contributed by atoms with E-state index in [2.05, 4.69) is 21.6 Å². The van der Waals surface area contributed by atoms with Crippen LogP contribution >= 0.6 is 0 Å². The molecule has 0 aliphatic carbocycles. The van der Waals surface area contributed by atoms with Gasteiger partial charge in [-0.15, -0.1) is 0 Å². The predicted molar refractivity (Wildman–Crippen MR) is 86.8 cm³/mol. The quantitative estimate of drug-likeness (QED) is 0.679. The van der Waals surface area contributed by atoms with Crippen LogP contribution in [0.4, 0.5) is 5.82 Å². The molecule has 0 spiro atoms. The minimum atomic E-state index is 0.364. The van der Waals surface area contributed by atoms with Gasteiger partial charge in [-0.2, -0.15) is 10.4 Å². The Morgan fingerprint density at radius 1 is 1.32 bits per heavy atom. The molecule has 0 fully saturated rings. The number of ether oxygens (including phenoxy) is 1. The van der Waals surface area contributed by atoms with Gasteiger partial charge in [0, 0.05) is 18.4 Å². The van der Waals surface area contributed by atoms with Crippen molar-refractivity contribution in [3.05, 3.63) is 58.3 Å². The molecule has 0 unspecified atom stereocenters. The van der Waals surface area contributed by atoms with Crippen molar-refractivity contribution in [2.24, 2.45) is 5.10 Å². The van der Waals surface area contributed by atoms with Crippen molar-refractivity contribution < 1.29 is 4.74 Å². The van der Waals surface area contributed by atoms with E-state index < -0.39 is 0 Å². The molecule has 2 aromatic rings. The molecule has 0 saturated carbocycles. The topological polar surface area (TPSA) is 70.3 Å². The number of nitriles is 1. The summed E-state index contributed by atoms with van der Waals surface area (Å²) in [5.74, 6) is 0.443. The van der Waals surface area contributed by atoms with E-state index in [0.717, 1.165) is 16.8 Å². The molecule has 5 nitrogen and oxygen atoms in total. The Hall–Kier alpha value is -2.71. The van der Waals surface area contributed by atoms with Crippen molar-refractivity contribution in [2.75, 3.05) is 12.5 Å². The Balaban J connectivity index is 2.22. The van der Waals surface area contributed by atoms with Gasteiger partial charge in [-0.25, -0.2) is 4.98 Å². The summed E-state index contributed by atoms with van der Waals surface area (Å²) in [6, 6.07) is 12.0. The van der Waals surface area contributed by atoms with Gasteiger partial charge >= 0.3 is 0 Å². The average molecular weight is 294 g/mol. The normalized spacial score (nSPS) is 10.6. The van der Waals surface area contributed by atoms with Crippen LogP contribution in [0.5, 0.6) is 0 Å². The van der Waals surface area contributed by atoms with Crippen LogP contribution in [0.1, 0.15) is 27.9 Å². The lowest BCUT2D eigenvalue weighted by Crippen LogP contribution is -2.03. The molecule has 0 aliphatic rings. The average Bonchev–Trinajstić information content (AvgIpc) is 2.49. The van der Waals surface area contributed by atoms with E-state index in [1.54, 1.807) is 13.3 Å². The van der Waals surface area contributed by atoms with Gasteiger partial charge in [0.25, 0.3) is 0 Å². The van der Waals surface area contributed by atoms with Crippen molar-refractivity contribution in [1.82, 2.24) is 4.98 Å². The fraction of sp³-hybridized carbons (Fsp3) is 0.235. The van der Waals surface area contributed by atoms with Gasteiger partial charge in [-0.1, -0.05) is 29.8 Å². The fourth-order valence-electron chi connectivity index (χ4n) is 2.04. The van der Waals surface area contributed by atoms with Crippen LogP contribution in [-0.2, 0) is 11.3 Å². The maximum Gasteiger partial charge on any atom is 0.164 e. The summed E-state index contributed by atoms with van der Waals surface area (Å²) in [7, 11) is 1.60. The number of hydrogen-bond donors (Lipinski definition) is 1. The molecule has 2 rings (SSSR count). The van der Waals surface area contributed by atoms with E-state index in [0.29, 0.717) is 18.0 Å². The highest BCUT2D eigenvalue weighted by molar-refractivity contribution is 5.80. The maximum absolute atomic E-state index is 9.33. The van der Waals surface area contributed by atoms with E-state index in [9.17, 15) is 5.26 Å². The lowest BCUT2D eigenvalue weighted by molar-refractivity contribution is 0.184. The third-order valence-electron chi connectivity index (χ3n) is 3.10. The molecular weight excluding hydrogens is 276 g/mol. The number of benzene rings is 1. The molecule has 1 aromatic heterocycles. The number of hydrogen-bond acceptors (Lipinski definition) is 5. The van der Waals surface area contributed by atoms with E-state index in [1.165, 1.54) is 5.56 Å². The first-order chi connectivity index (χ1) is 10.6. The number of aryl methyl sites for hydroxylation is 2. The van der Waals surface area contributed by atoms with Gasteiger partial charge in [0.05, 0.1) is 12.8 Å². The number of rotatable bonds is 5. The molecule has 22 heavy (non-hydrogen) atoms. The Labute approximate surface area is 130 Å². The van der Waals surface area contributed by atoms with Crippen LogP contribution in [0.3, 0.4) is 0 Å². The number of pyridine rings is 1. The number of nitrogens with zero attached hydrogens (tertiary/aromatic N) is 3. The third kappa shape index (κ3) is 3.90. The standard InChI is InChI=1S/C17H18N4O/c1-12-4-6-14(7-5-12)10-19-21-17-16(9-18)15(11-22-3)8-13(2)20-17/h4-8,10H,11H2,1-3H3,(H,20,21)/b19-10-. The Morgan fingerprint density at radius 2 is 2.05 bits per heavy atom. The molecule has 0 amide bonds. The summed E-state index contributed by atoms with van der Waals surface area (Å²) in [4.78, 5) is 4.33. The van der Waals surface area contributed by atoms with Crippen LogP contribution in [0.15, 0.2) is 35.4 Å². The minimum Gasteiger partial charge on any atom is -0.380 e. The number of hydrazone groups is 1. The molecule has 0 atom stereocenters. The summed E-state index contributed by atoms with van der Waals surface area (Å²) < 4.78 is 5.12. The van der Waals surface area contributed by atoms with Crippen LogP contribution in [0.2, 0.25) is 0 Å². The number of nitrogens with one attached hydrogen (secondary N) is 1. The lowest BCUT2D eigenvalue weighted by atomic mass is 10.1. The summed E-state index contributed by atoms with van der Waals surface area (Å²) in [5.41, 5.74) is 7.07. The second kappa shape index (κ2) is 7.34. The van der Waals surface area contributed by atoms with Gasteiger partial charge in [0.15, 0.2) is 5.82 Å². The molecule has 112 valence electrons. The molecule has 0 radical (unpaired) electrons. The van der Waals surface area contributed by atoms with Crippen LogP contribution in [0, 0.1) is 25.2 Å². The SMILES string of the molecule is COCc1cc(C)nc(N/N=C\c2ccc(C)cc2)c1C#N. The number of anilines is 1. The molecule has 0 bridgehead atoms. The second-order valence-corrected chi connectivity index (χ2v) is 4.97. The highest BCUT2D eigenvalue weighted by atomic mass is 16.5. The first-order valence-corrected chi connectivity index (χ1v) is 6.89. The zero-order chi connectivity index (χ0) is 15.9. The van der Waals surface area contributed by atoms with Gasteiger partial charge < -0.3 is 4.74 Å². The summed E-state index contributed by atoms with van der Waals surface area (Å²) in [6.45, 7) is 4.27. The van der Waals surface area contributed by atoms with Crippen LogP contribution in [-0.4, -0.2) is 18.3 Å². The molecule has 1 heterocycles. The van der Waals surface area contributed by atoms with Gasteiger partial charge in [-0.05, 0) is 25.5 Å². The van der Waals surface area contributed by atoms with Gasteiger partial charge in [0.1, 0.15) is 11.6 Å². The molecule has 5 heteroatoms. The zero-order valence-electron chi connectivity index (χ0n) is 12.9. The van der Waals surface area contributed by atoms with E-state index in [1.807, 2.05) is 44.2 Å². The highest BCUT2D eigenvalue weighted by Crippen LogP contribution is 2.19. The molecule has 0 aliphatic heterocycles. The van der Waals surface area contributed by atoms with Crippen molar-refractivity contribution >= 4 is 12.0 Å². The maximum atomic E-state index is 9.33. The third-order valence-corrected chi connectivity index (χ3v) is 3.10. The van der Waals surface area contributed by atoms with Gasteiger partial charge in [0.2, 0.25) is 0 Å². The Morgan fingerprint density at radius 3 is 2.68 bits per heavy atom. The van der Waals surface area contributed by atoms with E-state index in [-0.39, 0.29) is 0 Å². The highest BCUT2D eigenvalue weighted by Gasteiger charge is 2.10. The Kier molecular flexibility index (Phi) is 5.23. The van der Waals surface area contributed by atoms with Crippen molar-refractivity contribution in [1.29, 1.82) is 5.26 Å². The van der Waals surface area contributed by atoms with Crippen LogP contribution in [0.25, 0.3) is 0 Å². The smallest absolute Gasteiger partial charge is 0.164 e. The number of aromatic nitrogens is 1. The molecule has 1 N–H and O–H groups in total. The summed E-state index contributed by atoms with van der Waals surface area (Å²) in [6.07, 6.45) is 1.70.